The van der Waals surface area contributed by atoms with Gasteiger partial charge in [-0.1, -0.05) is 26.8 Å². The van der Waals surface area contributed by atoms with Crippen LogP contribution in [0.15, 0.2) is 12.7 Å². The summed E-state index contributed by atoms with van der Waals surface area (Å²) in [5.74, 6) is 0. The predicted molar refractivity (Wildman–Crippen MR) is 119 cm³/mol. The molecule has 0 aromatic heterocycles. The molecule has 0 radical (unpaired) electrons. The average molecular weight is 430 g/mol. The minimum atomic E-state index is -2.15. The van der Waals surface area contributed by atoms with Gasteiger partial charge in [0, 0.05) is 6.42 Å². The van der Waals surface area contributed by atoms with Crippen LogP contribution in [0.3, 0.4) is 0 Å². The number of hydrogen-bond donors (Lipinski definition) is 1. The van der Waals surface area contributed by atoms with Crippen LogP contribution >= 0.6 is 0 Å². The number of aliphatic hydroxyl groups excluding tert-OH is 1. The number of carbonyl (C=O) groups excluding carboxylic acids is 1. The van der Waals surface area contributed by atoms with E-state index >= 15 is 0 Å². The third-order valence-electron chi connectivity index (χ3n) is 5.73. The van der Waals surface area contributed by atoms with Crippen molar-refractivity contribution in [3.05, 3.63) is 12.7 Å². The Bertz CT molecular complexity index is 577. The molecule has 0 aliphatic carbocycles. The maximum Gasteiger partial charge on any atom is 0.412 e. The van der Waals surface area contributed by atoms with Crippen LogP contribution in [-0.4, -0.2) is 60.6 Å². The molecule has 170 valence electrons. The first-order valence-electron chi connectivity index (χ1n) is 10.5. The Labute approximate surface area is 178 Å². The van der Waals surface area contributed by atoms with Crippen LogP contribution in [0, 0.1) is 0 Å². The fourth-order valence-electron chi connectivity index (χ4n) is 3.17. The van der Waals surface area contributed by atoms with E-state index in [4.69, 9.17) is 13.9 Å². The molecule has 1 rings (SSSR count). The van der Waals surface area contributed by atoms with Crippen molar-refractivity contribution in [2.24, 2.45) is 0 Å². The normalized spacial score (nSPS) is 22.3. The van der Waals surface area contributed by atoms with Gasteiger partial charge in [-0.05, 0) is 59.2 Å². The van der Waals surface area contributed by atoms with Gasteiger partial charge in [0.2, 0.25) is 0 Å². The number of aliphatic hydroxyl groups is 1. The second-order valence-corrected chi connectivity index (χ2v) is 15.8. The highest BCUT2D eigenvalue weighted by Gasteiger charge is 2.51. The van der Waals surface area contributed by atoms with Crippen LogP contribution in [0.4, 0.5) is 4.79 Å². The lowest BCUT2D eigenvalue weighted by molar-refractivity contribution is -0.0688. The summed E-state index contributed by atoms with van der Waals surface area (Å²) in [7, 11) is -2.15. The van der Waals surface area contributed by atoms with E-state index in [1.165, 1.54) is 0 Å². The van der Waals surface area contributed by atoms with Crippen molar-refractivity contribution in [1.29, 1.82) is 0 Å². The van der Waals surface area contributed by atoms with E-state index in [9.17, 15) is 9.90 Å². The van der Waals surface area contributed by atoms with Gasteiger partial charge in [0.1, 0.15) is 11.3 Å². The van der Waals surface area contributed by atoms with Crippen LogP contribution in [0.25, 0.3) is 0 Å². The number of amides is 1. The van der Waals surface area contributed by atoms with E-state index in [1.54, 1.807) is 11.0 Å². The van der Waals surface area contributed by atoms with E-state index in [0.717, 1.165) is 0 Å². The van der Waals surface area contributed by atoms with Crippen molar-refractivity contribution in [3.63, 3.8) is 0 Å². The fourth-order valence-corrected chi connectivity index (χ4v) is 4.53. The van der Waals surface area contributed by atoms with Gasteiger partial charge >= 0.3 is 6.09 Å². The Morgan fingerprint density at radius 2 is 1.86 bits per heavy atom. The van der Waals surface area contributed by atoms with Gasteiger partial charge < -0.3 is 19.0 Å². The van der Waals surface area contributed by atoms with Crippen molar-refractivity contribution in [2.45, 2.75) is 116 Å². The summed E-state index contributed by atoms with van der Waals surface area (Å²) >= 11 is 0. The topological polar surface area (TPSA) is 68.2 Å². The van der Waals surface area contributed by atoms with Crippen LogP contribution in [-0.2, 0) is 13.9 Å². The highest BCUT2D eigenvalue weighted by molar-refractivity contribution is 6.74. The largest absolute Gasteiger partial charge is 0.444 e. The summed E-state index contributed by atoms with van der Waals surface area (Å²) in [6.07, 6.45) is 1.20. The van der Waals surface area contributed by atoms with E-state index in [-0.39, 0.29) is 17.2 Å². The molecule has 1 amide bonds. The van der Waals surface area contributed by atoms with Gasteiger partial charge in [-0.2, -0.15) is 0 Å². The second kappa shape index (κ2) is 9.08. The van der Waals surface area contributed by atoms with Gasteiger partial charge in [-0.15, -0.1) is 6.58 Å². The van der Waals surface area contributed by atoms with Crippen molar-refractivity contribution in [2.75, 3.05) is 6.61 Å². The molecule has 0 bridgehead atoms. The molecule has 1 heterocycles. The molecule has 7 heteroatoms. The minimum Gasteiger partial charge on any atom is -0.444 e. The van der Waals surface area contributed by atoms with Gasteiger partial charge in [0.25, 0.3) is 0 Å². The quantitative estimate of drug-likeness (QED) is 0.452. The lowest BCUT2D eigenvalue weighted by Crippen LogP contribution is -2.57. The van der Waals surface area contributed by atoms with E-state index in [1.807, 2.05) is 34.6 Å². The zero-order valence-electron chi connectivity index (χ0n) is 20.2. The Balaban J connectivity index is 3.25. The van der Waals surface area contributed by atoms with Crippen molar-refractivity contribution in [1.82, 2.24) is 4.90 Å². The second-order valence-electron chi connectivity index (χ2n) is 11.0. The predicted octanol–water partition coefficient (Wildman–Crippen LogP) is 5.08. The maximum atomic E-state index is 13.1. The molecule has 1 aliphatic heterocycles. The highest BCUT2D eigenvalue weighted by atomic mass is 28.4. The zero-order chi connectivity index (χ0) is 22.8. The van der Waals surface area contributed by atoms with Crippen LogP contribution in [0.2, 0.25) is 18.1 Å². The Morgan fingerprint density at radius 1 is 1.31 bits per heavy atom. The SMILES string of the molecule is C=CC[C@H](O)C[C@H](O[Si](C)(C)C(C)(C)C)[C@@H]1COC(C)(C)N1C(=O)OC(C)(C)C. The van der Waals surface area contributed by atoms with Crippen molar-refractivity contribution in [3.8, 4) is 0 Å². The Morgan fingerprint density at radius 3 is 2.31 bits per heavy atom. The average Bonchev–Trinajstić information content (AvgIpc) is 2.79. The summed E-state index contributed by atoms with van der Waals surface area (Å²) < 4.78 is 18.4. The van der Waals surface area contributed by atoms with Gasteiger partial charge in [0.05, 0.1) is 24.9 Å². The third-order valence-corrected chi connectivity index (χ3v) is 10.2. The lowest BCUT2D eigenvalue weighted by Gasteiger charge is -2.43. The first-order chi connectivity index (χ1) is 12.9. The van der Waals surface area contributed by atoms with Crippen molar-refractivity contribution < 1.29 is 23.8 Å². The van der Waals surface area contributed by atoms with Gasteiger partial charge in [0.15, 0.2) is 8.32 Å². The fraction of sp³-hybridized carbons (Fsp3) is 0.864. The number of carbonyl (C=O) groups is 1. The van der Waals surface area contributed by atoms with Crippen LogP contribution in [0.5, 0.6) is 0 Å². The molecule has 3 atom stereocenters. The summed E-state index contributed by atoms with van der Waals surface area (Å²) in [5.41, 5.74) is -1.43. The molecule has 1 fully saturated rings. The molecule has 0 saturated carbocycles. The molecule has 0 spiro atoms. The first-order valence-corrected chi connectivity index (χ1v) is 13.4. The molecule has 1 saturated heterocycles. The lowest BCUT2D eigenvalue weighted by atomic mass is 10.0. The molecule has 0 aromatic carbocycles. The third kappa shape index (κ3) is 7.09. The maximum absolute atomic E-state index is 13.1. The molecular formula is C22H43NO5Si. The summed E-state index contributed by atoms with van der Waals surface area (Å²) in [5, 5.41) is 10.5. The summed E-state index contributed by atoms with van der Waals surface area (Å²) in [6, 6.07) is -0.339. The summed E-state index contributed by atoms with van der Waals surface area (Å²) in [6.45, 7) is 24.2. The van der Waals surface area contributed by atoms with Crippen LogP contribution in [0.1, 0.15) is 68.2 Å². The summed E-state index contributed by atoms with van der Waals surface area (Å²) in [4.78, 5) is 14.7. The van der Waals surface area contributed by atoms with Crippen molar-refractivity contribution >= 4 is 14.4 Å². The zero-order valence-corrected chi connectivity index (χ0v) is 21.2. The highest BCUT2D eigenvalue weighted by Crippen LogP contribution is 2.40. The molecule has 6 nitrogen and oxygen atoms in total. The smallest absolute Gasteiger partial charge is 0.412 e. The molecule has 1 N–H and O–H groups in total. The molecule has 29 heavy (non-hydrogen) atoms. The Kier molecular flexibility index (Phi) is 8.19. The monoisotopic (exact) mass is 429 g/mol. The van der Waals surface area contributed by atoms with Gasteiger partial charge in [-0.25, -0.2) is 4.79 Å². The van der Waals surface area contributed by atoms with Gasteiger partial charge in [-0.3, -0.25) is 4.90 Å². The molecule has 0 unspecified atom stereocenters. The van der Waals surface area contributed by atoms with E-state index in [2.05, 4.69) is 40.4 Å². The molecule has 0 aromatic rings. The standard InChI is InChI=1S/C22H43NO5Si/c1-12-13-16(24)14-18(28-29(10,11)21(5,6)7)17-15-26-22(8,9)23(17)19(25)27-20(2,3)4/h12,16-18,24H,1,13-15H2,2-11H3/t16-,17-,18-/m0/s1. The number of ether oxygens (including phenoxy) is 2. The minimum absolute atomic E-state index is 0.000364. The van der Waals surface area contributed by atoms with E-state index in [0.29, 0.717) is 19.4 Å². The number of hydrogen-bond acceptors (Lipinski definition) is 5. The number of nitrogens with zero attached hydrogens (tertiary/aromatic N) is 1. The molecular weight excluding hydrogens is 386 g/mol. The van der Waals surface area contributed by atoms with Crippen LogP contribution < -0.4 is 0 Å². The van der Waals surface area contributed by atoms with E-state index < -0.39 is 31.8 Å². The number of rotatable bonds is 7. The molecule has 1 aliphatic rings. The first kappa shape index (κ1) is 26.1. The Hall–Kier alpha value is -0.893.